The molecule has 7 nitrogen and oxygen atoms in total. The van der Waals surface area contributed by atoms with Gasteiger partial charge in [0.15, 0.2) is 11.0 Å². The van der Waals surface area contributed by atoms with Gasteiger partial charge in [-0.1, -0.05) is 30.0 Å². The lowest BCUT2D eigenvalue weighted by Gasteiger charge is -2.05. The number of para-hydroxylation sites is 1. The summed E-state index contributed by atoms with van der Waals surface area (Å²) in [7, 11) is 0. The van der Waals surface area contributed by atoms with E-state index in [4.69, 9.17) is 0 Å². The molecule has 0 N–H and O–H groups in total. The summed E-state index contributed by atoms with van der Waals surface area (Å²) in [5.74, 6) is 1.46. The van der Waals surface area contributed by atoms with Gasteiger partial charge < -0.3 is 4.57 Å². The van der Waals surface area contributed by atoms with E-state index in [-0.39, 0.29) is 0 Å². The van der Waals surface area contributed by atoms with E-state index in [1.807, 2.05) is 30.3 Å². The fourth-order valence-corrected chi connectivity index (χ4v) is 3.02. The van der Waals surface area contributed by atoms with Gasteiger partial charge in [0, 0.05) is 6.04 Å². The SMILES string of the molecule is c1ccc(-n2nnnc2CSc2nncn2C2CC2)cc1. The van der Waals surface area contributed by atoms with Crippen LogP contribution in [-0.4, -0.2) is 35.0 Å². The Balaban J connectivity index is 1.53. The van der Waals surface area contributed by atoms with E-state index in [2.05, 4.69) is 30.3 Å². The van der Waals surface area contributed by atoms with Crippen LogP contribution in [0, 0.1) is 0 Å². The van der Waals surface area contributed by atoms with Crippen molar-refractivity contribution in [2.24, 2.45) is 0 Å². The minimum Gasteiger partial charge on any atom is -0.306 e. The number of nitrogens with zero attached hydrogens (tertiary/aromatic N) is 7. The zero-order chi connectivity index (χ0) is 14.1. The summed E-state index contributed by atoms with van der Waals surface area (Å²) in [4.78, 5) is 0. The number of thioether (sulfide) groups is 1. The molecule has 4 rings (SSSR count). The molecule has 0 amide bonds. The highest BCUT2D eigenvalue weighted by Crippen LogP contribution is 2.37. The van der Waals surface area contributed by atoms with E-state index in [1.165, 1.54) is 12.8 Å². The molecule has 0 spiro atoms. The molecular weight excluding hydrogens is 286 g/mol. The Hall–Kier alpha value is -2.22. The maximum absolute atomic E-state index is 4.18. The maximum Gasteiger partial charge on any atom is 0.191 e. The molecule has 1 aliphatic rings. The molecule has 1 aromatic carbocycles. The Bertz CT molecular complexity index is 732. The van der Waals surface area contributed by atoms with Gasteiger partial charge in [-0.05, 0) is 35.4 Å². The van der Waals surface area contributed by atoms with E-state index in [0.717, 1.165) is 16.7 Å². The quantitative estimate of drug-likeness (QED) is 0.670. The lowest BCUT2D eigenvalue weighted by Crippen LogP contribution is -2.02. The monoisotopic (exact) mass is 299 g/mol. The van der Waals surface area contributed by atoms with Crippen molar-refractivity contribution in [1.29, 1.82) is 0 Å². The molecule has 0 unspecified atom stereocenters. The van der Waals surface area contributed by atoms with Crippen molar-refractivity contribution in [1.82, 2.24) is 35.0 Å². The van der Waals surface area contributed by atoms with Crippen LogP contribution in [0.2, 0.25) is 0 Å². The molecule has 106 valence electrons. The van der Waals surface area contributed by atoms with Crippen LogP contribution in [0.1, 0.15) is 24.7 Å². The van der Waals surface area contributed by atoms with Crippen molar-refractivity contribution >= 4 is 11.8 Å². The van der Waals surface area contributed by atoms with Gasteiger partial charge in [-0.15, -0.1) is 15.3 Å². The van der Waals surface area contributed by atoms with Gasteiger partial charge >= 0.3 is 0 Å². The van der Waals surface area contributed by atoms with Crippen LogP contribution in [0.5, 0.6) is 0 Å². The third kappa shape index (κ3) is 2.54. The molecule has 8 heteroatoms. The van der Waals surface area contributed by atoms with Crippen molar-refractivity contribution < 1.29 is 0 Å². The number of hydrogen-bond acceptors (Lipinski definition) is 6. The minimum absolute atomic E-state index is 0.576. The molecular formula is C13H13N7S. The Morgan fingerprint density at radius 1 is 1.14 bits per heavy atom. The van der Waals surface area contributed by atoms with Crippen LogP contribution in [0.4, 0.5) is 0 Å². The summed E-state index contributed by atoms with van der Waals surface area (Å²) in [6.07, 6.45) is 4.24. The molecule has 0 aliphatic heterocycles. The number of tetrazole rings is 1. The second-order valence-corrected chi connectivity index (χ2v) is 5.83. The summed E-state index contributed by atoms with van der Waals surface area (Å²) in [6.45, 7) is 0. The van der Waals surface area contributed by atoms with Gasteiger partial charge in [0.05, 0.1) is 11.4 Å². The highest BCUT2D eigenvalue weighted by atomic mass is 32.2. The number of aromatic nitrogens is 7. The molecule has 0 saturated heterocycles. The van der Waals surface area contributed by atoms with Crippen molar-refractivity contribution in [2.75, 3.05) is 0 Å². The minimum atomic E-state index is 0.576. The maximum atomic E-state index is 4.18. The first-order chi connectivity index (χ1) is 10.4. The molecule has 1 saturated carbocycles. The van der Waals surface area contributed by atoms with Gasteiger partial charge in [-0.3, -0.25) is 0 Å². The molecule has 2 aromatic heterocycles. The van der Waals surface area contributed by atoms with Gasteiger partial charge in [0.1, 0.15) is 6.33 Å². The predicted molar refractivity (Wildman–Crippen MR) is 77.0 cm³/mol. The summed E-state index contributed by atoms with van der Waals surface area (Å²) in [6, 6.07) is 10.5. The Morgan fingerprint density at radius 2 is 2.00 bits per heavy atom. The standard InChI is InChI=1S/C13H13N7S/c1-2-4-11(5-3-1)20-12(15-17-18-20)8-21-13-16-14-9-19(13)10-6-7-10/h1-5,9-10H,6-8H2. The third-order valence-electron chi connectivity index (χ3n) is 3.35. The zero-order valence-corrected chi connectivity index (χ0v) is 12.0. The average molecular weight is 299 g/mol. The predicted octanol–water partition coefficient (Wildman–Crippen LogP) is 1.88. The van der Waals surface area contributed by atoms with E-state index in [0.29, 0.717) is 11.8 Å². The van der Waals surface area contributed by atoms with E-state index >= 15 is 0 Å². The second kappa shape index (κ2) is 5.28. The normalized spacial score (nSPS) is 14.5. The number of benzene rings is 1. The third-order valence-corrected chi connectivity index (χ3v) is 4.30. The second-order valence-electron chi connectivity index (χ2n) is 4.88. The van der Waals surface area contributed by atoms with Crippen molar-refractivity contribution in [2.45, 2.75) is 29.8 Å². The van der Waals surface area contributed by atoms with Crippen molar-refractivity contribution in [3.63, 3.8) is 0 Å². The van der Waals surface area contributed by atoms with Gasteiger partial charge in [0.25, 0.3) is 0 Å². The summed E-state index contributed by atoms with van der Waals surface area (Å²) >= 11 is 1.61. The van der Waals surface area contributed by atoms with Crippen molar-refractivity contribution in [3.8, 4) is 5.69 Å². The van der Waals surface area contributed by atoms with Crippen LogP contribution >= 0.6 is 11.8 Å². The fourth-order valence-electron chi connectivity index (χ4n) is 2.13. The highest BCUT2D eigenvalue weighted by Gasteiger charge is 2.26. The van der Waals surface area contributed by atoms with Gasteiger partial charge in [-0.2, -0.15) is 4.68 Å². The molecule has 0 atom stereocenters. The zero-order valence-electron chi connectivity index (χ0n) is 11.2. The lowest BCUT2D eigenvalue weighted by molar-refractivity contribution is 0.662. The highest BCUT2D eigenvalue weighted by molar-refractivity contribution is 7.98. The first-order valence-electron chi connectivity index (χ1n) is 6.77. The molecule has 0 bridgehead atoms. The first kappa shape index (κ1) is 12.5. The molecule has 2 heterocycles. The Morgan fingerprint density at radius 3 is 2.81 bits per heavy atom. The Labute approximate surface area is 125 Å². The van der Waals surface area contributed by atoms with E-state index in [9.17, 15) is 0 Å². The number of rotatable bonds is 5. The topological polar surface area (TPSA) is 74.3 Å². The van der Waals surface area contributed by atoms with Crippen molar-refractivity contribution in [3.05, 3.63) is 42.5 Å². The van der Waals surface area contributed by atoms with Crippen LogP contribution < -0.4 is 0 Å². The fraction of sp³-hybridized carbons (Fsp3) is 0.308. The van der Waals surface area contributed by atoms with Crippen LogP contribution in [0.25, 0.3) is 5.69 Å². The molecule has 0 radical (unpaired) electrons. The number of hydrogen-bond donors (Lipinski definition) is 0. The van der Waals surface area contributed by atoms with Gasteiger partial charge in [0.2, 0.25) is 0 Å². The largest absolute Gasteiger partial charge is 0.306 e. The molecule has 21 heavy (non-hydrogen) atoms. The Kier molecular flexibility index (Phi) is 3.15. The van der Waals surface area contributed by atoms with Crippen LogP contribution in [-0.2, 0) is 5.75 Å². The summed E-state index contributed by atoms with van der Waals surface area (Å²) in [5, 5.41) is 21.0. The summed E-state index contributed by atoms with van der Waals surface area (Å²) < 4.78 is 3.89. The van der Waals surface area contributed by atoms with E-state index < -0.39 is 0 Å². The molecule has 1 aliphatic carbocycles. The molecule has 1 fully saturated rings. The van der Waals surface area contributed by atoms with E-state index in [1.54, 1.807) is 22.8 Å². The van der Waals surface area contributed by atoms with Crippen LogP contribution in [0.3, 0.4) is 0 Å². The summed E-state index contributed by atoms with van der Waals surface area (Å²) in [5.41, 5.74) is 0.960. The smallest absolute Gasteiger partial charge is 0.191 e. The van der Waals surface area contributed by atoms with Gasteiger partial charge in [-0.25, -0.2) is 0 Å². The van der Waals surface area contributed by atoms with Crippen LogP contribution in [0.15, 0.2) is 41.8 Å². The first-order valence-corrected chi connectivity index (χ1v) is 7.75. The lowest BCUT2D eigenvalue weighted by atomic mass is 10.3. The average Bonchev–Trinajstić information content (AvgIpc) is 3.09. The molecule has 3 aromatic rings.